The SMILES string of the molecule is CN(CCOc1ccccc1)C(=S)Nc1ccc(F)c(Cl)c1. The highest BCUT2D eigenvalue weighted by Crippen LogP contribution is 2.19. The number of rotatable bonds is 5. The number of hydrogen-bond donors (Lipinski definition) is 1. The normalized spacial score (nSPS) is 10.1. The minimum absolute atomic E-state index is 0.0582. The van der Waals surface area contributed by atoms with Crippen molar-refractivity contribution in [3.8, 4) is 5.75 Å². The molecule has 0 aliphatic carbocycles. The van der Waals surface area contributed by atoms with E-state index in [1.165, 1.54) is 12.1 Å². The molecule has 0 aliphatic rings. The Morgan fingerprint density at radius 1 is 1.27 bits per heavy atom. The largest absolute Gasteiger partial charge is 0.492 e. The molecule has 22 heavy (non-hydrogen) atoms. The number of hydrogen-bond acceptors (Lipinski definition) is 2. The van der Waals surface area contributed by atoms with E-state index in [1.807, 2.05) is 42.3 Å². The summed E-state index contributed by atoms with van der Waals surface area (Å²) in [6, 6.07) is 14.0. The maximum Gasteiger partial charge on any atom is 0.173 e. The average Bonchev–Trinajstić information content (AvgIpc) is 2.52. The van der Waals surface area contributed by atoms with E-state index in [0.717, 1.165) is 5.75 Å². The third kappa shape index (κ3) is 4.86. The second-order valence-corrected chi connectivity index (χ2v) is 5.44. The van der Waals surface area contributed by atoms with Crippen molar-refractivity contribution in [2.24, 2.45) is 0 Å². The Kier molecular flexibility index (Phi) is 5.98. The van der Waals surface area contributed by atoms with Gasteiger partial charge in [-0.3, -0.25) is 0 Å². The van der Waals surface area contributed by atoms with Gasteiger partial charge in [0.1, 0.15) is 18.2 Å². The van der Waals surface area contributed by atoms with E-state index in [4.69, 9.17) is 28.6 Å². The topological polar surface area (TPSA) is 24.5 Å². The summed E-state index contributed by atoms with van der Waals surface area (Å²) in [5, 5.41) is 3.58. The van der Waals surface area contributed by atoms with Crippen LogP contribution in [0, 0.1) is 5.82 Å². The van der Waals surface area contributed by atoms with E-state index in [1.54, 1.807) is 6.07 Å². The molecule has 0 aromatic heterocycles. The summed E-state index contributed by atoms with van der Waals surface area (Å²) < 4.78 is 18.7. The molecule has 3 nitrogen and oxygen atoms in total. The van der Waals surface area contributed by atoms with Crippen molar-refractivity contribution in [3.05, 3.63) is 59.4 Å². The maximum atomic E-state index is 13.1. The van der Waals surface area contributed by atoms with Crippen LogP contribution in [-0.2, 0) is 0 Å². The molecule has 0 heterocycles. The molecule has 0 radical (unpaired) electrons. The zero-order valence-corrected chi connectivity index (χ0v) is 13.6. The van der Waals surface area contributed by atoms with E-state index in [-0.39, 0.29) is 5.02 Å². The second-order valence-electron chi connectivity index (χ2n) is 4.64. The van der Waals surface area contributed by atoms with E-state index in [0.29, 0.717) is 24.0 Å². The van der Waals surface area contributed by atoms with Crippen LogP contribution in [-0.4, -0.2) is 30.2 Å². The van der Waals surface area contributed by atoms with Gasteiger partial charge in [0.15, 0.2) is 5.11 Å². The highest BCUT2D eigenvalue weighted by molar-refractivity contribution is 7.80. The molecule has 0 aliphatic heterocycles. The number of nitrogens with zero attached hydrogens (tertiary/aromatic N) is 1. The van der Waals surface area contributed by atoms with Crippen LogP contribution in [0.4, 0.5) is 10.1 Å². The van der Waals surface area contributed by atoms with Crippen molar-refractivity contribution >= 4 is 34.6 Å². The van der Waals surface area contributed by atoms with Crippen LogP contribution < -0.4 is 10.1 Å². The van der Waals surface area contributed by atoms with Gasteiger partial charge in [0.2, 0.25) is 0 Å². The van der Waals surface area contributed by atoms with Crippen LogP contribution >= 0.6 is 23.8 Å². The first-order valence-electron chi connectivity index (χ1n) is 6.71. The molecule has 2 rings (SSSR count). The van der Waals surface area contributed by atoms with Gasteiger partial charge in [0.25, 0.3) is 0 Å². The molecular formula is C16H16ClFN2OS. The van der Waals surface area contributed by atoms with Crippen LogP contribution in [0.25, 0.3) is 0 Å². The quantitative estimate of drug-likeness (QED) is 0.826. The predicted molar refractivity (Wildman–Crippen MR) is 92.2 cm³/mol. The van der Waals surface area contributed by atoms with Crippen LogP contribution in [0.2, 0.25) is 5.02 Å². The van der Waals surface area contributed by atoms with Gasteiger partial charge in [-0.2, -0.15) is 0 Å². The fraction of sp³-hybridized carbons (Fsp3) is 0.188. The first kappa shape index (κ1) is 16.5. The van der Waals surface area contributed by atoms with E-state index in [9.17, 15) is 4.39 Å². The molecule has 0 spiro atoms. The first-order chi connectivity index (χ1) is 10.6. The third-order valence-electron chi connectivity index (χ3n) is 2.96. The van der Waals surface area contributed by atoms with Crippen LogP contribution in [0.5, 0.6) is 5.75 Å². The fourth-order valence-electron chi connectivity index (χ4n) is 1.71. The van der Waals surface area contributed by atoms with Crippen molar-refractivity contribution in [1.29, 1.82) is 0 Å². The lowest BCUT2D eigenvalue weighted by molar-refractivity contribution is 0.285. The van der Waals surface area contributed by atoms with Crippen molar-refractivity contribution < 1.29 is 9.13 Å². The summed E-state index contributed by atoms with van der Waals surface area (Å²) in [7, 11) is 1.86. The Morgan fingerprint density at radius 2 is 2.00 bits per heavy atom. The Bertz CT molecular complexity index is 639. The Hall–Kier alpha value is -1.85. The Morgan fingerprint density at radius 3 is 2.68 bits per heavy atom. The molecule has 0 fully saturated rings. The first-order valence-corrected chi connectivity index (χ1v) is 7.50. The van der Waals surface area contributed by atoms with Crippen molar-refractivity contribution in [2.75, 3.05) is 25.5 Å². The summed E-state index contributed by atoms with van der Waals surface area (Å²) in [4.78, 5) is 1.84. The molecule has 0 bridgehead atoms. The highest BCUT2D eigenvalue weighted by atomic mass is 35.5. The summed E-state index contributed by atoms with van der Waals surface area (Å²) in [6.45, 7) is 1.13. The molecule has 1 N–H and O–H groups in total. The summed E-state index contributed by atoms with van der Waals surface area (Å²) in [6.07, 6.45) is 0. The number of ether oxygens (including phenoxy) is 1. The number of halogens is 2. The van der Waals surface area contributed by atoms with Gasteiger partial charge in [-0.25, -0.2) is 4.39 Å². The van der Waals surface area contributed by atoms with Crippen molar-refractivity contribution in [3.63, 3.8) is 0 Å². The van der Waals surface area contributed by atoms with Gasteiger partial charge < -0.3 is 15.0 Å². The van der Waals surface area contributed by atoms with Gasteiger partial charge in [0, 0.05) is 12.7 Å². The van der Waals surface area contributed by atoms with Gasteiger partial charge in [0.05, 0.1) is 11.6 Å². The third-order valence-corrected chi connectivity index (χ3v) is 3.66. The monoisotopic (exact) mass is 338 g/mol. The molecule has 116 valence electrons. The zero-order valence-electron chi connectivity index (χ0n) is 12.1. The number of likely N-dealkylation sites (N-methyl/N-ethyl adjacent to an activating group) is 1. The lowest BCUT2D eigenvalue weighted by Crippen LogP contribution is -2.34. The number of para-hydroxylation sites is 1. The molecule has 0 atom stereocenters. The van der Waals surface area contributed by atoms with Crippen LogP contribution in [0.1, 0.15) is 0 Å². The molecule has 2 aromatic carbocycles. The van der Waals surface area contributed by atoms with Gasteiger partial charge >= 0.3 is 0 Å². The molecule has 6 heteroatoms. The standard InChI is InChI=1S/C16H16ClFN2OS/c1-20(9-10-21-13-5-3-2-4-6-13)16(22)19-12-7-8-15(18)14(17)11-12/h2-8,11H,9-10H2,1H3,(H,19,22). The van der Waals surface area contributed by atoms with Gasteiger partial charge in [-0.1, -0.05) is 29.8 Å². The lowest BCUT2D eigenvalue weighted by atomic mass is 10.3. The van der Waals surface area contributed by atoms with E-state index >= 15 is 0 Å². The second kappa shape index (κ2) is 7.96. The Labute approximate surface area is 139 Å². The van der Waals surface area contributed by atoms with Crippen molar-refractivity contribution in [1.82, 2.24) is 4.90 Å². The minimum Gasteiger partial charge on any atom is -0.492 e. The fourth-order valence-corrected chi connectivity index (χ4v) is 2.10. The van der Waals surface area contributed by atoms with Gasteiger partial charge in [-0.05, 0) is 42.5 Å². The van der Waals surface area contributed by atoms with E-state index < -0.39 is 5.82 Å². The summed E-state index contributed by atoms with van der Waals surface area (Å²) in [5.41, 5.74) is 0.646. The minimum atomic E-state index is -0.456. The summed E-state index contributed by atoms with van der Waals surface area (Å²) in [5.74, 6) is 0.364. The molecule has 0 saturated carbocycles. The lowest BCUT2D eigenvalue weighted by Gasteiger charge is -2.21. The molecular weight excluding hydrogens is 323 g/mol. The Balaban J connectivity index is 1.80. The maximum absolute atomic E-state index is 13.1. The molecule has 2 aromatic rings. The average molecular weight is 339 g/mol. The van der Waals surface area contributed by atoms with Gasteiger partial charge in [-0.15, -0.1) is 0 Å². The number of anilines is 1. The zero-order chi connectivity index (χ0) is 15.9. The number of nitrogens with one attached hydrogen (secondary N) is 1. The molecule has 0 unspecified atom stereocenters. The smallest absolute Gasteiger partial charge is 0.173 e. The number of benzene rings is 2. The molecule has 0 amide bonds. The summed E-state index contributed by atoms with van der Waals surface area (Å²) >= 11 is 11.0. The van der Waals surface area contributed by atoms with Crippen LogP contribution in [0.15, 0.2) is 48.5 Å². The van der Waals surface area contributed by atoms with Crippen molar-refractivity contribution in [2.45, 2.75) is 0 Å². The van der Waals surface area contributed by atoms with E-state index in [2.05, 4.69) is 5.32 Å². The van der Waals surface area contributed by atoms with Crippen LogP contribution in [0.3, 0.4) is 0 Å². The predicted octanol–water partition coefficient (Wildman–Crippen LogP) is 4.19. The molecule has 0 saturated heterocycles. The highest BCUT2D eigenvalue weighted by Gasteiger charge is 2.07. The number of thiocarbonyl (C=S) groups is 1.